The quantitative estimate of drug-likeness (QED) is 0.453. The highest BCUT2D eigenvalue weighted by molar-refractivity contribution is 6.01. The molecule has 2 N–H and O–H groups in total. The molecule has 0 unspecified atom stereocenters. The predicted molar refractivity (Wildman–Crippen MR) is 94.1 cm³/mol. The van der Waals surface area contributed by atoms with Crippen molar-refractivity contribution in [3.63, 3.8) is 0 Å². The Morgan fingerprint density at radius 3 is 2.61 bits per heavy atom. The van der Waals surface area contributed by atoms with Gasteiger partial charge in [0, 0.05) is 29.2 Å². The molecule has 0 spiro atoms. The summed E-state index contributed by atoms with van der Waals surface area (Å²) in [6.07, 6.45) is 5.72. The minimum absolute atomic E-state index is 1.06. The summed E-state index contributed by atoms with van der Waals surface area (Å²) in [7, 11) is 0. The van der Waals surface area contributed by atoms with Gasteiger partial charge in [0.15, 0.2) is 6.20 Å². The van der Waals surface area contributed by atoms with Gasteiger partial charge in [0.1, 0.15) is 0 Å². The topological polar surface area (TPSA) is 42.8 Å². The van der Waals surface area contributed by atoms with E-state index < -0.39 is 0 Å². The number of nitrogens with one attached hydrogen (secondary N) is 2. The zero-order valence-electron chi connectivity index (χ0n) is 12.5. The van der Waals surface area contributed by atoms with Gasteiger partial charge in [-0.15, -0.1) is 0 Å². The Hall–Kier alpha value is -3.20. The molecule has 3 nitrogen and oxygen atoms in total. The number of H-pyrrole nitrogens is 2. The van der Waals surface area contributed by atoms with Gasteiger partial charge < -0.3 is 4.98 Å². The summed E-state index contributed by atoms with van der Waals surface area (Å²) in [4.78, 5) is 10.6. The van der Waals surface area contributed by atoms with Crippen LogP contribution in [-0.4, -0.2) is 9.97 Å². The number of rotatable bonds is 0. The van der Waals surface area contributed by atoms with E-state index in [1.165, 1.54) is 27.2 Å². The molecule has 5 rings (SSSR count). The lowest BCUT2D eigenvalue weighted by molar-refractivity contribution is -0.343. The van der Waals surface area contributed by atoms with E-state index in [2.05, 4.69) is 51.4 Å². The first kappa shape index (κ1) is 13.5. The van der Waals surface area contributed by atoms with Crippen molar-refractivity contribution in [2.24, 2.45) is 0 Å². The van der Waals surface area contributed by atoms with Crippen molar-refractivity contribution >= 4 is 32.7 Å². The van der Waals surface area contributed by atoms with Crippen LogP contribution in [0, 0.1) is 0 Å². The molecule has 3 heteroatoms. The van der Waals surface area contributed by atoms with Crippen molar-refractivity contribution in [1.82, 2.24) is 9.97 Å². The summed E-state index contributed by atoms with van der Waals surface area (Å²) < 4.78 is 0. The van der Waals surface area contributed by atoms with Crippen LogP contribution in [0.4, 0.5) is 0 Å². The molecule has 0 amide bonds. The molecule has 110 valence electrons. The molecule has 0 aliphatic heterocycles. The molecule has 0 bridgehead atoms. The molecule has 3 aromatic heterocycles. The number of hydrogen-bond donors (Lipinski definition) is 1. The van der Waals surface area contributed by atoms with Crippen LogP contribution < -0.4 is 4.98 Å². The van der Waals surface area contributed by atoms with E-state index in [4.69, 9.17) is 0 Å². The fourth-order valence-corrected chi connectivity index (χ4v) is 2.75. The molecule has 0 fully saturated rings. The number of nitrogens with zero attached hydrogens (tertiary/aromatic N) is 1. The third-order valence-corrected chi connectivity index (χ3v) is 3.88. The van der Waals surface area contributed by atoms with Gasteiger partial charge in [0.2, 0.25) is 5.52 Å². The smallest absolute Gasteiger partial charge is 0.220 e. The summed E-state index contributed by atoms with van der Waals surface area (Å²) in [5, 5.41) is 3.69. The lowest BCUT2D eigenvalue weighted by atomic mass is 10.1. The van der Waals surface area contributed by atoms with Crippen LogP contribution in [0.5, 0.6) is 0 Å². The van der Waals surface area contributed by atoms with Crippen molar-refractivity contribution in [1.29, 1.82) is 0 Å². The highest BCUT2D eigenvalue weighted by Gasteiger charge is 2.04. The van der Waals surface area contributed by atoms with E-state index in [-0.39, 0.29) is 0 Å². The van der Waals surface area contributed by atoms with Crippen LogP contribution >= 0.6 is 0 Å². The molecule has 0 aliphatic carbocycles. The summed E-state index contributed by atoms with van der Waals surface area (Å²) in [6.45, 7) is 0. The fourth-order valence-electron chi connectivity index (χ4n) is 2.75. The second-order valence-electron chi connectivity index (χ2n) is 5.33. The van der Waals surface area contributed by atoms with Crippen LogP contribution in [0.1, 0.15) is 0 Å². The highest BCUT2D eigenvalue weighted by Crippen LogP contribution is 2.19. The Balaban J connectivity index is 0.000000122. The van der Waals surface area contributed by atoms with Crippen LogP contribution in [0.25, 0.3) is 32.7 Å². The molecular formula is C20H16N3+. The Morgan fingerprint density at radius 2 is 1.65 bits per heavy atom. The Labute approximate surface area is 133 Å². The number of hydrogen-bond acceptors (Lipinski definition) is 1. The predicted octanol–water partition coefficient (Wildman–Crippen LogP) is 4.37. The van der Waals surface area contributed by atoms with Crippen molar-refractivity contribution < 1.29 is 4.98 Å². The number of aromatic amines is 2. The molecule has 5 aromatic rings. The monoisotopic (exact) mass is 298 g/mol. The maximum absolute atomic E-state index is 4.18. The lowest BCUT2D eigenvalue weighted by Crippen LogP contribution is -2.00. The van der Waals surface area contributed by atoms with Gasteiger partial charge in [-0.2, -0.15) is 0 Å². The second-order valence-corrected chi connectivity index (χ2v) is 5.33. The highest BCUT2D eigenvalue weighted by atomic mass is 14.7. The lowest BCUT2D eigenvalue weighted by Gasteiger charge is -1.91. The van der Waals surface area contributed by atoms with Crippen LogP contribution in [0.2, 0.25) is 0 Å². The number of benzene rings is 2. The Bertz CT molecular complexity index is 1010. The zero-order chi connectivity index (χ0) is 15.5. The maximum atomic E-state index is 4.18. The van der Waals surface area contributed by atoms with E-state index in [0.29, 0.717) is 0 Å². The molecule has 0 atom stereocenters. The first-order valence-electron chi connectivity index (χ1n) is 7.58. The molecule has 0 aliphatic rings. The number of para-hydroxylation sites is 1. The average molecular weight is 298 g/mol. The molecule has 2 aromatic carbocycles. The van der Waals surface area contributed by atoms with E-state index >= 15 is 0 Å². The SMILES string of the molecule is c1c[nH+]c2c(c1)ccc1[nH]ccc12.c1ccc2ncccc2c1. The van der Waals surface area contributed by atoms with Crippen LogP contribution in [0.3, 0.4) is 0 Å². The summed E-state index contributed by atoms with van der Waals surface area (Å²) >= 11 is 0. The largest absolute Gasteiger partial charge is 0.361 e. The zero-order valence-corrected chi connectivity index (χ0v) is 12.5. The minimum Gasteiger partial charge on any atom is -0.361 e. The fraction of sp³-hybridized carbons (Fsp3) is 0. The van der Waals surface area contributed by atoms with Crippen molar-refractivity contribution in [3.8, 4) is 0 Å². The van der Waals surface area contributed by atoms with Gasteiger partial charge >= 0.3 is 0 Å². The standard InChI is InChI=1S/C11H8N2.C9H7N/c1-2-8-3-4-10-9(5-7-12-10)11(8)13-6-1;1-2-6-9-8(4-1)5-3-7-10-9/h1-7,12H;1-7H/p+1. The first-order chi connectivity index (χ1) is 11.4. The van der Waals surface area contributed by atoms with Gasteiger partial charge in [0.25, 0.3) is 0 Å². The molecular weight excluding hydrogens is 282 g/mol. The Morgan fingerprint density at radius 1 is 0.783 bits per heavy atom. The van der Waals surface area contributed by atoms with E-state index in [1.807, 2.05) is 48.9 Å². The molecule has 3 heterocycles. The maximum Gasteiger partial charge on any atom is 0.220 e. The summed E-state index contributed by atoms with van der Waals surface area (Å²) in [5.74, 6) is 0. The normalized spacial score (nSPS) is 10.6. The molecule has 23 heavy (non-hydrogen) atoms. The van der Waals surface area contributed by atoms with Crippen molar-refractivity contribution in [2.45, 2.75) is 0 Å². The van der Waals surface area contributed by atoms with Gasteiger partial charge in [-0.1, -0.05) is 24.3 Å². The minimum atomic E-state index is 1.06. The van der Waals surface area contributed by atoms with Crippen molar-refractivity contribution in [3.05, 3.63) is 85.3 Å². The van der Waals surface area contributed by atoms with Gasteiger partial charge in [-0.25, -0.2) is 4.98 Å². The summed E-state index contributed by atoms with van der Waals surface area (Å²) in [6, 6.07) is 22.5. The van der Waals surface area contributed by atoms with Crippen molar-refractivity contribution in [2.75, 3.05) is 0 Å². The van der Waals surface area contributed by atoms with Gasteiger partial charge in [-0.05, 0) is 36.4 Å². The molecule has 0 saturated heterocycles. The van der Waals surface area contributed by atoms with E-state index in [1.54, 1.807) is 0 Å². The second kappa shape index (κ2) is 5.89. The van der Waals surface area contributed by atoms with Gasteiger partial charge in [-0.3, -0.25) is 4.98 Å². The first-order valence-corrected chi connectivity index (χ1v) is 7.58. The average Bonchev–Trinajstić information content (AvgIpc) is 3.12. The molecule has 0 radical (unpaired) electrons. The van der Waals surface area contributed by atoms with Gasteiger partial charge in [0.05, 0.1) is 16.4 Å². The van der Waals surface area contributed by atoms with E-state index in [0.717, 1.165) is 5.52 Å². The number of aromatic nitrogens is 3. The van der Waals surface area contributed by atoms with E-state index in [9.17, 15) is 0 Å². The number of fused-ring (bicyclic) bond motifs is 4. The number of pyridine rings is 2. The third kappa shape index (κ3) is 2.64. The third-order valence-electron chi connectivity index (χ3n) is 3.88. The Kier molecular flexibility index (Phi) is 3.45. The van der Waals surface area contributed by atoms with Crippen LogP contribution in [-0.2, 0) is 0 Å². The summed E-state index contributed by atoms with van der Waals surface area (Å²) in [5.41, 5.74) is 3.43. The molecule has 0 saturated carbocycles. The van der Waals surface area contributed by atoms with Crippen LogP contribution in [0.15, 0.2) is 85.3 Å².